The molecule has 0 saturated heterocycles. The zero-order valence-corrected chi connectivity index (χ0v) is 14.1. The van der Waals surface area contributed by atoms with Gasteiger partial charge < -0.3 is 10.4 Å². The number of nitrogens with one attached hydrogen (secondary N) is 1. The Morgan fingerprint density at radius 2 is 1.57 bits per heavy atom. The maximum absolute atomic E-state index is 12.2. The largest absolute Gasteiger partial charge is 0.506 e. The van der Waals surface area contributed by atoms with E-state index in [2.05, 4.69) is 39.1 Å². The molecular formula is C20H23NO2. The first-order chi connectivity index (χ1) is 10.8. The van der Waals surface area contributed by atoms with Gasteiger partial charge in [0.25, 0.3) is 5.91 Å². The van der Waals surface area contributed by atoms with Crippen molar-refractivity contribution in [1.29, 1.82) is 0 Å². The molecule has 2 aromatic carbocycles. The molecule has 0 unspecified atom stereocenters. The lowest BCUT2D eigenvalue weighted by Crippen LogP contribution is -2.11. The number of aromatic hydroxyl groups is 1. The van der Waals surface area contributed by atoms with Gasteiger partial charge in [0.1, 0.15) is 5.75 Å². The maximum Gasteiger partial charge on any atom is 0.255 e. The highest BCUT2D eigenvalue weighted by molar-refractivity contribution is 6.05. The van der Waals surface area contributed by atoms with Gasteiger partial charge in [-0.3, -0.25) is 4.79 Å². The maximum atomic E-state index is 12.2. The van der Waals surface area contributed by atoms with Crippen molar-refractivity contribution in [3.8, 4) is 5.75 Å². The van der Waals surface area contributed by atoms with Crippen molar-refractivity contribution >= 4 is 17.2 Å². The summed E-state index contributed by atoms with van der Waals surface area (Å²) in [6.45, 7) is 8.54. The highest BCUT2D eigenvalue weighted by atomic mass is 16.3. The van der Waals surface area contributed by atoms with E-state index in [1.165, 1.54) is 5.57 Å². The summed E-state index contributed by atoms with van der Waals surface area (Å²) in [4.78, 5) is 12.2. The standard InChI is InChI=1S/C20H23NO2/c1-14(13-20(2,3)4)15-9-11-16(12-10-15)19(23)21-17-7-5-6-8-18(17)22/h5-13,22H,1-4H3,(H,21,23). The predicted molar refractivity (Wildman–Crippen MR) is 95.6 cm³/mol. The molecule has 0 radical (unpaired) electrons. The number of amides is 1. The monoisotopic (exact) mass is 309 g/mol. The Morgan fingerprint density at radius 1 is 1.00 bits per heavy atom. The minimum Gasteiger partial charge on any atom is -0.506 e. The highest BCUT2D eigenvalue weighted by Crippen LogP contribution is 2.25. The molecule has 2 rings (SSSR count). The molecular weight excluding hydrogens is 286 g/mol. The Kier molecular flexibility index (Phi) is 4.89. The van der Waals surface area contributed by atoms with E-state index in [0.29, 0.717) is 11.3 Å². The number of rotatable bonds is 3. The Hall–Kier alpha value is -2.55. The molecule has 2 aromatic rings. The Labute approximate surface area is 137 Å². The van der Waals surface area contributed by atoms with Gasteiger partial charge in [-0.2, -0.15) is 0 Å². The van der Waals surface area contributed by atoms with Crippen LogP contribution in [0.3, 0.4) is 0 Å². The van der Waals surface area contributed by atoms with E-state index in [1.54, 1.807) is 36.4 Å². The minimum absolute atomic E-state index is 0.0569. The molecule has 0 saturated carbocycles. The number of anilines is 1. The summed E-state index contributed by atoms with van der Waals surface area (Å²) in [6, 6.07) is 14.2. The number of para-hydroxylation sites is 2. The van der Waals surface area contributed by atoms with Crippen LogP contribution in [0, 0.1) is 5.41 Å². The van der Waals surface area contributed by atoms with Crippen LogP contribution in [0.5, 0.6) is 5.75 Å². The van der Waals surface area contributed by atoms with Crippen molar-refractivity contribution in [1.82, 2.24) is 0 Å². The van der Waals surface area contributed by atoms with E-state index < -0.39 is 0 Å². The molecule has 0 aliphatic heterocycles. The van der Waals surface area contributed by atoms with Crippen molar-refractivity contribution in [3.05, 3.63) is 65.7 Å². The average molecular weight is 309 g/mol. The summed E-state index contributed by atoms with van der Waals surface area (Å²) in [7, 11) is 0. The van der Waals surface area contributed by atoms with Gasteiger partial charge >= 0.3 is 0 Å². The smallest absolute Gasteiger partial charge is 0.255 e. The topological polar surface area (TPSA) is 49.3 Å². The van der Waals surface area contributed by atoms with Crippen LogP contribution >= 0.6 is 0 Å². The number of hydrogen-bond acceptors (Lipinski definition) is 2. The molecule has 0 aromatic heterocycles. The molecule has 0 aliphatic carbocycles. The third kappa shape index (κ3) is 4.71. The van der Waals surface area contributed by atoms with Crippen LogP contribution in [-0.4, -0.2) is 11.0 Å². The van der Waals surface area contributed by atoms with Crippen LogP contribution in [0.15, 0.2) is 54.6 Å². The van der Waals surface area contributed by atoms with Crippen LogP contribution < -0.4 is 5.32 Å². The molecule has 0 atom stereocenters. The van der Waals surface area contributed by atoms with E-state index in [-0.39, 0.29) is 17.1 Å². The number of hydrogen-bond donors (Lipinski definition) is 2. The van der Waals surface area contributed by atoms with E-state index in [4.69, 9.17) is 0 Å². The molecule has 0 heterocycles. The van der Waals surface area contributed by atoms with Crippen molar-refractivity contribution in [2.45, 2.75) is 27.7 Å². The quantitative estimate of drug-likeness (QED) is 0.775. The normalized spacial score (nSPS) is 12.1. The molecule has 23 heavy (non-hydrogen) atoms. The van der Waals surface area contributed by atoms with E-state index in [9.17, 15) is 9.90 Å². The predicted octanol–water partition coefficient (Wildman–Crippen LogP) is 5.09. The molecule has 3 nitrogen and oxygen atoms in total. The van der Waals surface area contributed by atoms with E-state index >= 15 is 0 Å². The Balaban J connectivity index is 2.15. The first kappa shape index (κ1) is 16.8. The van der Waals surface area contributed by atoms with Crippen LogP contribution in [-0.2, 0) is 0 Å². The van der Waals surface area contributed by atoms with Gasteiger partial charge in [-0.15, -0.1) is 0 Å². The SMILES string of the molecule is CC(=CC(C)(C)C)c1ccc(C(=O)Nc2ccccc2O)cc1. The molecule has 120 valence electrons. The fraction of sp³-hybridized carbons (Fsp3) is 0.250. The third-order valence-corrected chi connectivity index (χ3v) is 3.40. The van der Waals surface area contributed by atoms with Crippen LogP contribution in [0.25, 0.3) is 5.57 Å². The van der Waals surface area contributed by atoms with Gasteiger partial charge in [-0.25, -0.2) is 0 Å². The summed E-state index contributed by atoms with van der Waals surface area (Å²) < 4.78 is 0. The zero-order valence-electron chi connectivity index (χ0n) is 14.1. The Morgan fingerprint density at radius 3 is 2.13 bits per heavy atom. The molecule has 1 amide bonds. The second-order valence-corrected chi connectivity index (χ2v) is 6.74. The zero-order chi connectivity index (χ0) is 17.0. The lowest BCUT2D eigenvalue weighted by Gasteiger charge is -2.14. The molecule has 2 N–H and O–H groups in total. The number of carbonyl (C=O) groups is 1. The fourth-order valence-corrected chi connectivity index (χ4v) is 2.39. The number of phenolic OH excluding ortho intramolecular Hbond substituents is 1. The van der Waals surface area contributed by atoms with E-state index in [0.717, 1.165) is 5.56 Å². The number of carbonyl (C=O) groups excluding carboxylic acids is 1. The fourth-order valence-electron chi connectivity index (χ4n) is 2.39. The van der Waals surface area contributed by atoms with Crippen LogP contribution in [0.4, 0.5) is 5.69 Å². The number of benzene rings is 2. The first-order valence-corrected chi connectivity index (χ1v) is 7.65. The third-order valence-electron chi connectivity index (χ3n) is 3.40. The first-order valence-electron chi connectivity index (χ1n) is 7.65. The van der Waals surface area contributed by atoms with Gasteiger partial charge in [-0.05, 0) is 47.7 Å². The van der Waals surface area contributed by atoms with Crippen LogP contribution in [0.1, 0.15) is 43.6 Å². The molecule has 0 bridgehead atoms. The molecule has 0 fully saturated rings. The lowest BCUT2D eigenvalue weighted by atomic mass is 9.91. The van der Waals surface area contributed by atoms with Crippen molar-refractivity contribution in [2.75, 3.05) is 5.32 Å². The van der Waals surface area contributed by atoms with E-state index in [1.807, 2.05) is 12.1 Å². The second-order valence-electron chi connectivity index (χ2n) is 6.74. The molecule has 0 spiro atoms. The average Bonchev–Trinajstić information content (AvgIpc) is 2.48. The summed E-state index contributed by atoms with van der Waals surface area (Å²) in [5.74, 6) is -0.183. The van der Waals surface area contributed by atoms with Crippen molar-refractivity contribution in [2.24, 2.45) is 5.41 Å². The second kappa shape index (κ2) is 6.69. The van der Waals surface area contributed by atoms with Gasteiger partial charge in [0, 0.05) is 5.56 Å². The molecule has 3 heteroatoms. The minimum atomic E-state index is -0.240. The van der Waals surface area contributed by atoms with Crippen molar-refractivity contribution in [3.63, 3.8) is 0 Å². The van der Waals surface area contributed by atoms with Gasteiger partial charge in [0.15, 0.2) is 0 Å². The number of phenols is 1. The highest BCUT2D eigenvalue weighted by Gasteiger charge is 2.10. The summed E-state index contributed by atoms with van der Waals surface area (Å²) in [6.07, 6.45) is 2.21. The van der Waals surface area contributed by atoms with Crippen LogP contribution in [0.2, 0.25) is 0 Å². The van der Waals surface area contributed by atoms with Crippen molar-refractivity contribution < 1.29 is 9.90 Å². The van der Waals surface area contributed by atoms with Gasteiger partial charge in [-0.1, -0.05) is 51.1 Å². The Bertz CT molecular complexity index is 722. The number of allylic oxidation sites excluding steroid dienone is 2. The summed E-state index contributed by atoms with van der Waals surface area (Å²) in [5.41, 5.74) is 3.36. The molecule has 0 aliphatic rings. The lowest BCUT2D eigenvalue weighted by molar-refractivity contribution is 0.102. The van der Waals surface area contributed by atoms with Gasteiger partial charge in [0.05, 0.1) is 5.69 Å². The summed E-state index contributed by atoms with van der Waals surface area (Å²) in [5, 5.41) is 12.4. The van der Waals surface area contributed by atoms with Gasteiger partial charge in [0.2, 0.25) is 0 Å². The summed E-state index contributed by atoms with van der Waals surface area (Å²) >= 11 is 0.